The van der Waals surface area contributed by atoms with Crippen molar-refractivity contribution in [3.63, 3.8) is 0 Å². The molecule has 0 aliphatic carbocycles. The Morgan fingerprint density at radius 2 is 1.81 bits per heavy atom. The molecule has 1 saturated heterocycles. The van der Waals surface area contributed by atoms with Gasteiger partial charge in [0, 0.05) is 13.1 Å². The van der Waals surface area contributed by atoms with E-state index in [1.165, 1.54) is 12.1 Å². The molecule has 0 saturated carbocycles. The highest BCUT2D eigenvalue weighted by atomic mass is 19.1. The Bertz CT molecular complexity index is 638. The molecule has 0 bridgehead atoms. The smallest absolute Gasteiger partial charge is 0.258 e. The zero-order valence-corrected chi connectivity index (χ0v) is 11.4. The number of hydrogen-bond acceptors (Lipinski definition) is 4. The molecule has 1 aliphatic heterocycles. The third-order valence-electron chi connectivity index (χ3n) is 3.40. The summed E-state index contributed by atoms with van der Waals surface area (Å²) in [6.07, 6.45) is 5.38. The van der Waals surface area contributed by atoms with Gasteiger partial charge in [-0.3, -0.25) is 4.79 Å². The Labute approximate surface area is 121 Å². The number of benzene rings is 1. The summed E-state index contributed by atoms with van der Waals surface area (Å²) in [5, 5.41) is 2.59. The van der Waals surface area contributed by atoms with Crippen molar-refractivity contribution >= 4 is 17.5 Å². The predicted molar refractivity (Wildman–Crippen MR) is 77.8 cm³/mol. The van der Waals surface area contributed by atoms with Gasteiger partial charge < -0.3 is 10.2 Å². The molecule has 1 fully saturated rings. The molecule has 1 N–H and O–H groups in total. The maximum atomic E-state index is 13.5. The Morgan fingerprint density at radius 3 is 2.48 bits per heavy atom. The van der Waals surface area contributed by atoms with Crippen LogP contribution in [0.5, 0.6) is 0 Å². The highest BCUT2D eigenvalue weighted by Gasteiger charge is 2.15. The van der Waals surface area contributed by atoms with Crippen LogP contribution in [0.4, 0.5) is 16.0 Å². The van der Waals surface area contributed by atoms with E-state index >= 15 is 0 Å². The lowest BCUT2D eigenvalue weighted by Crippen LogP contribution is -2.20. The van der Waals surface area contributed by atoms with Gasteiger partial charge in [-0.25, -0.2) is 14.4 Å². The number of carbonyl (C=O) groups is 1. The molecule has 5 nitrogen and oxygen atoms in total. The van der Waals surface area contributed by atoms with E-state index in [4.69, 9.17) is 0 Å². The summed E-state index contributed by atoms with van der Waals surface area (Å²) in [6.45, 7) is 1.92. The molecule has 21 heavy (non-hydrogen) atoms. The van der Waals surface area contributed by atoms with Gasteiger partial charge in [0.1, 0.15) is 5.82 Å². The lowest BCUT2D eigenvalue weighted by atomic mass is 10.2. The Kier molecular flexibility index (Phi) is 3.77. The number of nitrogens with zero attached hydrogens (tertiary/aromatic N) is 3. The van der Waals surface area contributed by atoms with Gasteiger partial charge in [0.25, 0.3) is 5.91 Å². The maximum absolute atomic E-state index is 13.5. The molecule has 2 heterocycles. The van der Waals surface area contributed by atoms with Gasteiger partial charge >= 0.3 is 0 Å². The molecule has 1 amide bonds. The van der Waals surface area contributed by atoms with E-state index in [0.29, 0.717) is 11.6 Å². The van der Waals surface area contributed by atoms with Crippen LogP contribution >= 0.6 is 0 Å². The van der Waals surface area contributed by atoms with Gasteiger partial charge in [-0.15, -0.1) is 0 Å². The number of carbonyl (C=O) groups excluding carboxylic acids is 1. The van der Waals surface area contributed by atoms with E-state index in [0.717, 1.165) is 25.9 Å². The second kappa shape index (κ2) is 5.87. The first kappa shape index (κ1) is 13.5. The van der Waals surface area contributed by atoms with Crippen LogP contribution in [0.1, 0.15) is 23.2 Å². The number of aromatic nitrogens is 2. The first-order valence-corrected chi connectivity index (χ1v) is 6.87. The van der Waals surface area contributed by atoms with Crippen LogP contribution in [-0.4, -0.2) is 29.0 Å². The topological polar surface area (TPSA) is 58.1 Å². The van der Waals surface area contributed by atoms with Crippen LogP contribution in [-0.2, 0) is 0 Å². The number of anilines is 2. The second-order valence-corrected chi connectivity index (χ2v) is 4.90. The SMILES string of the molecule is O=C(Nc1cnc(N2CCCC2)nc1)c1ccccc1F. The molecule has 3 rings (SSSR count). The van der Waals surface area contributed by atoms with Crippen molar-refractivity contribution in [3.05, 3.63) is 48.0 Å². The monoisotopic (exact) mass is 286 g/mol. The van der Waals surface area contributed by atoms with Crippen LogP contribution in [0, 0.1) is 5.82 Å². The fourth-order valence-electron chi connectivity index (χ4n) is 2.31. The van der Waals surface area contributed by atoms with E-state index in [1.54, 1.807) is 24.5 Å². The molecule has 2 aromatic rings. The fourth-order valence-corrected chi connectivity index (χ4v) is 2.31. The van der Waals surface area contributed by atoms with E-state index < -0.39 is 11.7 Å². The summed E-state index contributed by atoms with van der Waals surface area (Å²) < 4.78 is 13.5. The molecule has 0 atom stereocenters. The van der Waals surface area contributed by atoms with Crippen molar-refractivity contribution in [3.8, 4) is 0 Å². The number of halogens is 1. The van der Waals surface area contributed by atoms with Crippen molar-refractivity contribution in [2.75, 3.05) is 23.3 Å². The number of hydrogen-bond donors (Lipinski definition) is 1. The van der Waals surface area contributed by atoms with Crippen molar-refractivity contribution in [1.29, 1.82) is 0 Å². The molecular weight excluding hydrogens is 271 g/mol. The average Bonchev–Trinajstić information content (AvgIpc) is 3.02. The zero-order valence-electron chi connectivity index (χ0n) is 11.4. The number of amides is 1. The molecule has 0 unspecified atom stereocenters. The number of nitrogens with one attached hydrogen (secondary N) is 1. The standard InChI is InChI=1S/C15H15FN4O/c16-13-6-2-1-5-12(13)14(21)19-11-9-17-15(18-10-11)20-7-3-4-8-20/h1-2,5-6,9-10H,3-4,7-8H2,(H,19,21). The van der Waals surface area contributed by atoms with Crippen molar-refractivity contribution < 1.29 is 9.18 Å². The van der Waals surface area contributed by atoms with Gasteiger partial charge in [-0.05, 0) is 25.0 Å². The zero-order chi connectivity index (χ0) is 14.7. The predicted octanol–water partition coefficient (Wildman–Crippen LogP) is 2.47. The third-order valence-corrected chi connectivity index (χ3v) is 3.40. The van der Waals surface area contributed by atoms with Crippen LogP contribution < -0.4 is 10.2 Å². The first-order chi connectivity index (χ1) is 10.2. The molecule has 1 aromatic heterocycles. The van der Waals surface area contributed by atoms with E-state index in [-0.39, 0.29) is 5.56 Å². The van der Waals surface area contributed by atoms with Crippen molar-refractivity contribution in [2.45, 2.75) is 12.8 Å². The van der Waals surface area contributed by atoms with Crippen LogP contribution in [0.15, 0.2) is 36.7 Å². The minimum atomic E-state index is -0.551. The summed E-state index contributed by atoms with van der Waals surface area (Å²) in [4.78, 5) is 22.5. The van der Waals surface area contributed by atoms with E-state index in [2.05, 4.69) is 20.2 Å². The summed E-state index contributed by atoms with van der Waals surface area (Å²) >= 11 is 0. The van der Waals surface area contributed by atoms with Gasteiger partial charge in [-0.2, -0.15) is 0 Å². The number of rotatable bonds is 3. The summed E-state index contributed by atoms with van der Waals surface area (Å²) in [5.41, 5.74) is 0.451. The maximum Gasteiger partial charge on any atom is 0.258 e. The van der Waals surface area contributed by atoms with Crippen molar-refractivity contribution in [2.24, 2.45) is 0 Å². The highest BCUT2D eigenvalue weighted by Crippen LogP contribution is 2.17. The van der Waals surface area contributed by atoms with Gasteiger partial charge in [0.15, 0.2) is 0 Å². The molecule has 108 valence electrons. The molecule has 6 heteroatoms. The lowest BCUT2D eigenvalue weighted by molar-refractivity contribution is 0.102. The molecule has 1 aliphatic rings. The summed E-state index contributed by atoms with van der Waals surface area (Å²) in [6, 6.07) is 5.84. The van der Waals surface area contributed by atoms with Crippen molar-refractivity contribution in [1.82, 2.24) is 9.97 Å². The second-order valence-electron chi connectivity index (χ2n) is 4.90. The quantitative estimate of drug-likeness (QED) is 0.941. The minimum Gasteiger partial charge on any atom is -0.341 e. The molecule has 0 radical (unpaired) electrons. The summed E-state index contributed by atoms with van der Waals surface area (Å²) in [7, 11) is 0. The Morgan fingerprint density at radius 1 is 1.14 bits per heavy atom. The van der Waals surface area contributed by atoms with Gasteiger partial charge in [0.05, 0.1) is 23.6 Å². The first-order valence-electron chi connectivity index (χ1n) is 6.87. The Balaban J connectivity index is 1.70. The molecule has 0 spiro atoms. The van der Waals surface area contributed by atoms with Crippen LogP contribution in [0.3, 0.4) is 0 Å². The van der Waals surface area contributed by atoms with Gasteiger partial charge in [-0.1, -0.05) is 12.1 Å². The largest absolute Gasteiger partial charge is 0.341 e. The third kappa shape index (κ3) is 2.99. The fraction of sp³-hybridized carbons (Fsp3) is 0.267. The van der Waals surface area contributed by atoms with E-state index in [9.17, 15) is 9.18 Å². The molecule has 1 aromatic carbocycles. The highest BCUT2D eigenvalue weighted by molar-refractivity contribution is 6.04. The average molecular weight is 286 g/mol. The van der Waals surface area contributed by atoms with E-state index in [1.807, 2.05) is 0 Å². The normalized spacial score (nSPS) is 14.2. The summed E-state index contributed by atoms with van der Waals surface area (Å²) in [5.74, 6) is -0.397. The minimum absolute atomic E-state index is 0.00104. The molecular formula is C15H15FN4O. The lowest BCUT2D eigenvalue weighted by Gasteiger charge is -2.14. The van der Waals surface area contributed by atoms with Gasteiger partial charge in [0.2, 0.25) is 5.95 Å². The van der Waals surface area contributed by atoms with Crippen LogP contribution in [0.2, 0.25) is 0 Å². The van der Waals surface area contributed by atoms with Crippen LogP contribution in [0.25, 0.3) is 0 Å². The Hall–Kier alpha value is -2.50.